The number of rotatable bonds is 6. The van der Waals surface area contributed by atoms with Crippen LogP contribution in [0.3, 0.4) is 0 Å². The number of carbonyl (C=O) groups is 2. The second-order valence-corrected chi connectivity index (χ2v) is 3.83. The van der Waals surface area contributed by atoms with Crippen LogP contribution in [0.15, 0.2) is 12.3 Å². The molecular weight excluding hydrogens is 244 g/mol. The van der Waals surface area contributed by atoms with Gasteiger partial charge in [-0.3, -0.25) is 9.59 Å². The summed E-state index contributed by atoms with van der Waals surface area (Å²) in [7, 11) is 0. The minimum atomic E-state index is -0.246. The Morgan fingerprint density at radius 3 is 2.88 bits per heavy atom. The van der Waals surface area contributed by atoms with Crippen LogP contribution < -0.4 is 5.32 Å². The highest BCUT2D eigenvalue weighted by atomic mass is 35.5. The van der Waals surface area contributed by atoms with Crippen molar-refractivity contribution in [2.45, 2.75) is 19.8 Å². The SMILES string of the molecule is CCOC(=O)CCCNC(=O)c1cc(Cl)c[nH]1. The molecule has 1 aromatic heterocycles. The van der Waals surface area contributed by atoms with Gasteiger partial charge in [-0.2, -0.15) is 0 Å². The number of H-pyrrole nitrogens is 1. The van der Waals surface area contributed by atoms with E-state index in [2.05, 4.69) is 10.3 Å². The molecule has 2 N–H and O–H groups in total. The summed E-state index contributed by atoms with van der Waals surface area (Å²) in [4.78, 5) is 25.3. The number of aromatic nitrogens is 1. The van der Waals surface area contributed by atoms with Crippen LogP contribution >= 0.6 is 11.6 Å². The lowest BCUT2D eigenvalue weighted by atomic mass is 10.3. The number of carbonyl (C=O) groups excluding carboxylic acids is 2. The molecule has 0 aromatic carbocycles. The fraction of sp³-hybridized carbons (Fsp3) is 0.455. The normalized spacial score (nSPS) is 10.0. The van der Waals surface area contributed by atoms with E-state index in [-0.39, 0.29) is 11.9 Å². The van der Waals surface area contributed by atoms with Crippen molar-refractivity contribution >= 4 is 23.5 Å². The second-order valence-electron chi connectivity index (χ2n) is 3.40. The first kappa shape index (κ1) is 13.6. The van der Waals surface area contributed by atoms with Crippen molar-refractivity contribution in [2.24, 2.45) is 0 Å². The molecule has 0 saturated carbocycles. The van der Waals surface area contributed by atoms with Crippen LogP contribution in [0.5, 0.6) is 0 Å². The van der Waals surface area contributed by atoms with Gasteiger partial charge in [-0.05, 0) is 19.4 Å². The number of hydrogen-bond acceptors (Lipinski definition) is 3. The Labute approximate surface area is 104 Å². The quantitative estimate of drug-likeness (QED) is 0.603. The fourth-order valence-electron chi connectivity index (χ4n) is 1.26. The maximum absolute atomic E-state index is 11.5. The number of hydrogen-bond donors (Lipinski definition) is 2. The first-order valence-corrected chi connectivity index (χ1v) is 5.79. The Bertz CT molecular complexity index is 390. The maximum Gasteiger partial charge on any atom is 0.305 e. The van der Waals surface area contributed by atoms with Crippen LogP contribution in [0.2, 0.25) is 5.02 Å². The third-order valence-corrected chi connectivity index (χ3v) is 2.26. The minimum absolute atomic E-state index is 0.235. The zero-order chi connectivity index (χ0) is 12.7. The van der Waals surface area contributed by atoms with Crippen molar-refractivity contribution in [2.75, 3.05) is 13.2 Å². The molecular formula is C11H15ClN2O3. The van der Waals surface area contributed by atoms with Crippen LogP contribution in [0.4, 0.5) is 0 Å². The number of ether oxygens (including phenoxy) is 1. The molecule has 0 aliphatic heterocycles. The van der Waals surface area contributed by atoms with E-state index in [4.69, 9.17) is 16.3 Å². The average molecular weight is 259 g/mol. The number of halogens is 1. The highest BCUT2D eigenvalue weighted by Crippen LogP contribution is 2.08. The molecule has 0 fully saturated rings. The van der Waals surface area contributed by atoms with Gasteiger partial charge in [0.05, 0.1) is 11.6 Å². The van der Waals surface area contributed by atoms with E-state index in [9.17, 15) is 9.59 Å². The molecule has 0 saturated heterocycles. The summed E-state index contributed by atoms with van der Waals surface area (Å²) >= 11 is 5.67. The summed E-state index contributed by atoms with van der Waals surface area (Å²) in [5.41, 5.74) is 0.408. The second kappa shape index (κ2) is 6.96. The molecule has 1 aromatic rings. The molecule has 1 amide bonds. The first-order valence-electron chi connectivity index (χ1n) is 5.41. The monoisotopic (exact) mass is 258 g/mol. The molecule has 0 unspecified atom stereocenters. The van der Waals surface area contributed by atoms with Gasteiger partial charge in [-0.15, -0.1) is 0 Å². The molecule has 0 aliphatic carbocycles. The van der Waals surface area contributed by atoms with Crippen molar-refractivity contribution < 1.29 is 14.3 Å². The lowest BCUT2D eigenvalue weighted by Gasteiger charge is -2.03. The first-order chi connectivity index (χ1) is 8.13. The van der Waals surface area contributed by atoms with Crippen molar-refractivity contribution in [1.29, 1.82) is 0 Å². The summed E-state index contributed by atoms with van der Waals surface area (Å²) in [5, 5.41) is 3.16. The minimum Gasteiger partial charge on any atom is -0.466 e. The van der Waals surface area contributed by atoms with Gasteiger partial charge < -0.3 is 15.0 Å². The zero-order valence-electron chi connectivity index (χ0n) is 9.59. The van der Waals surface area contributed by atoms with Crippen LogP contribution in [0.25, 0.3) is 0 Å². The summed E-state index contributed by atoms with van der Waals surface area (Å²) in [6.07, 6.45) is 2.40. The lowest BCUT2D eigenvalue weighted by Crippen LogP contribution is -2.25. The molecule has 17 heavy (non-hydrogen) atoms. The summed E-state index contributed by atoms with van der Waals surface area (Å²) in [5.74, 6) is -0.481. The molecule has 0 radical (unpaired) electrons. The standard InChI is InChI=1S/C11H15ClN2O3/c1-2-17-10(15)4-3-5-13-11(16)9-6-8(12)7-14-9/h6-7,14H,2-5H2,1H3,(H,13,16). The van der Waals surface area contributed by atoms with Gasteiger partial charge in [0.15, 0.2) is 0 Å². The van der Waals surface area contributed by atoms with E-state index in [1.165, 1.54) is 6.20 Å². The van der Waals surface area contributed by atoms with Gasteiger partial charge in [-0.25, -0.2) is 0 Å². The third kappa shape index (κ3) is 4.91. The Morgan fingerprint density at radius 2 is 2.29 bits per heavy atom. The van der Waals surface area contributed by atoms with Crippen molar-refractivity contribution in [3.05, 3.63) is 23.0 Å². The van der Waals surface area contributed by atoms with E-state index in [0.29, 0.717) is 36.7 Å². The van der Waals surface area contributed by atoms with E-state index >= 15 is 0 Å². The predicted octanol–water partition coefficient (Wildman–Crippen LogP) is 1.74. The van der Waals surface area contributed by atoms with Crippen LogP contribution in [0.1, 0.15) is 30.3 Å². The molecule has 5 nitrogen and oxygen atoms in total. The fourth-order valence-corrected chi connectivity index (χ4v) is 1.43. The Kier molecular flexibility index (Phi) is 5.56. The third-order valence-electron chi connectivity index (χ3n) is 2.04. The van der Waals surface area contributed by atoms with Crippen LogP contribution in [-0.2, 0) is 9.53 Å². The molecule has 0 aliphatic rings. The van der Waals surface area contributed by atoms with Crippen molar-refractivity contribution in [3.8, 4) is 0 Å². The van der Waals surface area contributed by atoms with E-state index < -0.39 is 0 Å². The van der Waals surface area contributed by atoms with Gasteiger partial charge in [0.2, 0.25) is 0 Å². The van der Waals surface area contributed by atoms with E-state index in [0.717, 1.165) is 0 Å². The van der Waals surface area contributed by atoms with Gasteiger partial charge in [-0.1, -0.05) is 11.6 Å². The lowest BCUT2D eigenvalue weighted by molar-refractivity contribution is -0.143. The molecule has 6 heteroatoms. The summed E-state index contributed by atoms with van der Waals surface area (Å²) in [6, 6.07) is 1.54. The van der Waals surface area contributed by atoms with Crippen LogP contribution in [-0.4, -0.2) is 30.0 Å². The molecule has 0 bridgehead atoms. The van der Waals surface area contributed by atoms with Crippen LogP contribution in [0, 0.1) is 0 Å². The Balaban J connectivity index is 2.19. The van der Waals surface area contributed by atoms with Gasteiger partial charge in [0.1, 0.15) is 5.69 Å². The molecule has 1 heterocycles. The number of nitrogens with one attached hydrogen (secondary N) is 2. The predicted molar refractivity (Wildman–Crippen MR) is 64.0 cm³/mol. The molecule has 94 valence electrons. The number of esters is 1. The largest absolute Gasteiger partial charge is 0.466 e. The molecule has 1 rings (SSSR count). The van der Waals surface area contributed by atoms with E-state index in [1.807, 2.05) is 0 Å². The Hall–Kier alpha value is -1.49. The summed E-state index contributed by atoms with van der Waals surface area (Å²) < 4.78 is 4.76. The molecule has 0 spiro atoms. The topological polar surface area (TPSA) is 71.2 Å². The zero-order valence-corrected chi connectivity index (χ0v) is 10.3. The van der Waals surface area contributed by atoms with Gasteiger partial charge >= 0.3 is 5.97 Å². The maximum atomic E-state index is 11.5. The van der Waals surface area contributed by atoms with E-state index in [1.54, 1.807) is 13.0 Å². The van der Waals surface area contributed by atoms with Gasteiger partial charge in [0.25, 0.3) is 5.91 Å². The molecule has 0 atom stereocenters. The van der Waals surface area contributed by atoms with Crippen molar-refractivity contribution in [3.63, 3.8) is 0 Å². The highest BCUT2D eigenvalue weighted by molar-refractivity contribution is 6.30. The smallest absolute Gasteiger partial charge is 0.305 e. The number of aromatic amines is 1. The average Bonchev–Trinajstić information content (AvgIpc) is 2.71. The Morgan fingerprint density at radius 1 is 1.53 bits per heavy atom. The van der Waals surface area contributed by atoms with Gasteiger partial charge in [0, 0.05) is 19.2 Å². The van der Waals surface area contributed by atoms with Crippen molar-refractivity contribution in [1.82, 2.24) is 10.3 Å². The number of amides is 1. The summed E-state index contributed by atoms with van der Waals surface area (Å²) in [6.45, 7) is 2.56. The highest BCUT2D eigenvalue weighted by Gasteiger charge is 2.07.